The molecule has 1 amide bonds. The van der Waals surface area contributed by atoms with Crippen molar-refractivity contribution >= 4 is 39.1 Å². The van der Waals surface area contributed by atoms with E-state index in [0.717, 1.165) is 10.9 Å². The van der Waals surface area contributed by atoms with Gasteiger partial charge in [-0.15, -0.1) is 11.3 Å². The van der Waals surface area contributed by atoms with Crippen molar-refractivity contribution in [1.82, 2.24) is 4.98 Å². The standard InChI is InChI=1S/C29H20N2O5S/c32-26(23-16-20-8-4-5-9-22(20)36-23)24-25(31(28(34)27(24)33)29-30-14-15-37-29)19-10-12-21(13-11-19)35-17-18-6-2-1-3-7-18/h1-16,25,33H,17H2. The van der Waals surface area contributed by atoms with Crippen molar-refractivity contribution in [3.05, 3.63) is 125 Å². The van der Waals surface area contributed by atoms with Crippen molar-refractivity contribution in [3.8, 4) is 5.75 Å². The molecule has 37 heavy (non-hydrogen) atoms. The molecule has 5 aromatic rings. The van der Waals surface area contributed by atoms with Crippen molar-refractivity contribution in [3.63, 3.8) is 0 Å². The number of aliphatic hydroxyl groups is 1. The first-order valence-electron chi connectivity index (χ1n) is 11.6. The topological polar surface area (TPSA) is 92.9 Å². The summed E-state index contributed by atoms with van der Waals surface area (Å²) in [4.78, 5) is 32.5. The number of nitrogens with zero attached hydrogens (tertiary/aromatic N) is 2. The molecule has 0 spiro atoms. The van der Waals surface area contributed by atoms with Crippen LogP contribution in [0.1, 0.15) is 27.7 Å². The summed E-state index contributed by atoms with van der Waals surface area (Å²) in [6.07, 6.45) is 1.57. The lowest BCUT2D eigenvalue weighted by Crippen LogP contribution is -2.30. The summed E-state index contributed by atoms with van der Waals surface area (Å²) in [6, 6.07) is 24.9. The minimum atomic E-state index is -0.887. The number of benzene rings is 3. The van der Waals surface area contributed by atoms with Gasteiger partial charge in [0, 0.05) is 17.0 Å². The molecular formula is C29H20N2O5S. The maximum atomic E-state index is 13.7. The molecule has 1 aliphatic heterocycles. The van der Waals surface area contributed by atoms with Crippen LogP contribution < -0.4 is 9.64 Å². The Labute approximate surface area is 215 Å². The van der Waals surface area contributed by atoms with Crippen LogP contribution >= 0.6 is 11.3 Å². The van der Waals surface area contributed by atoms with Crippen molar-refractivity contribution in [1.29, 1.82) is 0 Å². The zero-order chi connectivity index (χ0) is 25.4. The number of furan rings is 1. The monoisotopic (exact) mass is 508 g/mol. The first-order chi connectivity index (χ1) is 18.1. The molecule has 1 aliphatic rings. The van der Waals surface area contributed by atoms with Crippen LogP contribution in [0.25, 0.3) is 11.0 Å². The summed E-state index contributed by atoms with van der Waals surface area (Å²) in [5, 5.41) is 13.8. The fraction of sp³-hybridized carbons (Fsp3) is 0.0690. The summed E-state index contributed by atoms with van der Waals surface area (Å²) in [5.41, 5.74) is 2.15. The Kier molecular flexibility index (Phi) is 5.78. The molecule has 1 N–H and O–H groups in total. The van der Waals surface area contributed by atoms with Crippen molar-refractivity contribution in [2.24, 2.45) is 0 Å². The number of ketones is 1. The van der Waals surface area contributed by atoms with E-state index in [1.807, 2.05) is 48.5 Å². The third-order valence-corrected chi connectivity index (χ3v) is 6.94. The fourth-order valence-corrected chi connectivity index (χ4v) is 5.07. The quantitative estimate of drug-likeness (QED) is 0.261. The minimum absolute atomic E-state index is 0.0457. The number of hydrogen-bond donors (Lipinski definition) is 1. The Morgan fingerprint density at radius 1 is 1.03 bits per heavy atom. The molecule has 6 rings (SSSR count). The SMILES string of the molecule is O=C(C1=C(O)C(=O)N(c2nccs2)C1c1ccc(OCc2ccccc2)cc1)c1cc2ccccc2o1. The molecule has 0 saturated heterocycles. The third kappa shape index (κ3) is 4.17. The highest BCUT2D eigenvalue weighted by molar-refractivity contribution is 7.13. The number of carbonyl (C=O) groups excluding carboxylic acids is 2. The van der Waals surface area contributed by atoms with Gasteiger partial charge in [-0.3, -0.25) is 14.5 Å². The molecule has 182 valence electrons. The van der Waals surface area contributed by atoms with Gasteiger partial charge < -0.3 is 14.3 Å². The largest absolute Gasteiger partial charge is 0.503 e. The summed E-state index contributed by atoms with van der Waals surface area (Å²) in [7, 11) is 0. The minimum Gasteiger partial charge on any atom is -0.503 e. The van der Waals surface area contributed by atoms with Gasteiger partial charge in [0.1, 0.15) is 17.9 Å². The van der Waals surface area contributed by atoms with E-state index >= 15 is 0 Å². The molecule has 2 aromatic heterocycles. The summed E-state index contributed by atoms with van der Waals surface area (Å²) in [6.45, 7) is 0.407. The molecule has 0 saturated carbocycles. The Morgan fingerprint density at radius 3 is 2.51 bits per heavy atom. The van der Waals surface area contributed by atoms with Crippen LogP contribution in [0.15, 0.2) is 112 Å². The molecular weight excluding hydrogens is 488 g/mol. The van der Waals surface area contributed by atoms with Gasteiger partial charge in [0.05, 0.1) is 11.6 Å². The van der Waals surface area contributed by atoms with E-state index in [-0.39, 0.29) is 11.3 Å². The molecule has 7 nitrogen and oxygen atoms in total. The first-order valence-corrected chi connectivity index (χ1v) is 12.4. The number of ether oxygens (including phenoxy) is 1. The number of fused-ring (bicyclic) bond motifs is 1. The van der Waals surface area contributed by atoms with Crippen LogP contribution in [0.2, 0.25) is 0 Å². The molecule has 8 heteroatoms. The number of aliphatic hydroxyl groups excluding tert-OH is 1. The molecule has 0 bridgehead atoms. The summed E-state index contributed by atoms with van der Waals surface area (Å²) < 4.78 is 11.7. The van der Waals surface area contributed by atoms with Crippen LogP contribution in [0, 0.1) is 0 Å². The second-order valence-corrected chi connectivity index (χ2v) is 9.35. The van der Waals surface area contributed by atoms with Crippen LogP contribution in [0.5, 0.6) is 5.75 Å². The number of hydrogen-bond acceptors (Lipinski definition) is 7. The highest BCUT2D eigenvalue weighted by atomic mass is 32.1. The van der Waals surface area contributed by atoms with E-state index in [1.54, 1.807) is 48.0 Å². The second-order valence-electron chi connectivity index (χ2n) is 8.48. The second kappa shape index (κ2) is 9.40. The number of thiazole rings is 1. The fourth-order valence-electron chi connectivity index (χ4n) is 4.40. The van der Waals surface area contributed by atoms with Gasteiger partial charge in [0.2, 0.25) is 5.78 Å². The smallest absolute Gasteiger partial charge is 0.296 e. The van der Waals surface area contributed by atoms with E-state index in [0.29, 0.717) is 28.6 Å². The molecule has 0 aliphatic carbocycles. The Hall–Kier alpha value is -4.69. The molecule has 1 atom stereocenters. The lowest BCUT2D eigenvalue weighted by molar-refractivity contribution is -0.117. The van der Waals surface area contributed by atoms with Crippen LogP contribution in [0.3, 0.4) is 0 Å². The highest BCUT2D eigenvalue weighted by Gasteiger charge is 2.46. The predicted octanol–water partition coefficient (Wildman–Crippen LogP) is 6.25. The van der Waals surface area contributed by atoms with Crippen LogP contribution in [-0.2, 0) is 11.4 Å². The molecule has 0 fully saturated rings. The number of amides is 1. The summed E-state index contributed by atoms with van der Waals surface area (Å²) >= 11 is 1.24. The first kappa shape index (κ1) is 22.8. The van der Waals surface area contributed by atoms with E-state index in [4.69, 9.17) is 9.15 Å². The van der Waals surface area contributed by atoms with Gasteiger partial charge in [0.15, 0.2) is 16.7 Å². The number of carbonyl (C=O) groups is 2. The van der Waals surface area contributed by atoms with E-state index in [1.165, 1.54) is 16.2 Å². The van der Waals surface area contributed by atoms with Gasteiger partial charge in [-0.05, 0) is 35.4 Å². The van der Waals surface area contributed by atoms with Crippen LogP contribution in [-0.4, -0.2) is 21.8 Å². The van der Waals surface area contributed by atoms with Crippen molar-refractivity contribution < 1.29 is 23.8 Å². The van der Waals surface area contributed by atoms with Gasteiger partial charge >= 0.3 is 0 Å². The number of rotatable bonds is 7. The Morgan fingerprint density at radius 2 is 1.78 bits per heavy atom. The summed E-state index contributed by atoms with van der Waals surface area (Å²) in [5.74, 6) is -1.19. The van der Waals surface area contributed by atoms with Crippen LogP contribution in [0.4, 0.5) is 5.13 Å². The lowest BCUT2D eigenvalue weighted by atomic mass is 9.95. The van der Waals surface area contributed by atoms with E-state index in [2.05, 4.69) is 4.98 Å². The Balaban J connectivity index is 1.36. The maximum absolute atomic E-state index is 13.7. The molecule has 0 radical (unpaired) electrons. The zero-order valence-electron chi connectivity index (χ0n) is 19.4. The van der Waals surface area contributed by atoms with E-state index < -0.39 is 23.5 Å². The van der Waals surface area contributed by atoms with Gasteiger partial charge in [-0.25, -0.2) is 4.98 Å². The third-order valence-electron chi connectivity index (χ3n) is 6.17. The van der Waals surface area contributed by atoms with Crippen molar-refractivity contribution in [2.75, 3.05) is 4.90 Å². The molecule has 3 heterocycles. The average Bonchev–Trinajstić information content (AvgIpc) is 3.67. The lowest BCUT2D eigenvalue weighted by Gasteiger charge is -2.24. The zero-order valence-corrected chi connectivity index (χ0v) is 20.2. The van der Waals surface area contributed by atoms with Gasteiger partial charge in [0.25, 0.3) is 5.91 Å². The molecule has 1 unspecified atom stereocenters. The maximum Gasteiger partial charge on any atom is 0.296 e. The van der Waals surface area contributed by atoms with Gasteiger partial charge in [-0.1, -0.05) is 60.7 Å². The normalized spacial score (nSPS) is 15.5. The van der Waals surface area contributed by atoms with Gasteiger partial charge in [-0.2, -0.15) is 0 Å². The van der Waals surface area contributed by atoms with Crippen molar-refractivity contribution in [2.45, 2.75) is 12.6 Å². The number of aromatic nitrogens is 1. The van der Waals surface area contributed by atoms with E-state index in [9.17, 15) is 14.7 Å². The highest BCUT2D eigenvalue weighted by Crippen LogP contribution is 2.43. The predicted molar refractivity (Wildman–Crippen MR) is 140 cm³/mol. The Bertz CT molecular complexity index is 1590. The average molecular weight is 509 g/mol. The number of Topliss-reactive ketones (excluding diaryl/α,β-unsaturated/α-hetero) is 1. The number of para-hydroxylation sites is 1. The molecule has 3 aromatic carbocycles. The number of anilines is 1.